The predicted molar refractivity (Wildman–Crippen MR) is 146 cm³/mol. The molecule has 7 nitrogen and oxygen atoms in total. The van der Waals surface area contributed by atoms with E-state index in [-0.39, 0.29) is 37.1 Å². The summed E-state index contributed by atoms with van der Waals surface area (Å²) in [5.41, 5.74) is -1.71. The molecule has 3 amide bonds. The molecule has 13 heteroatoms. The number of piperazine rings is 1. The third-order valence-corrected chi connectivity index (χ3v) is 8.54. The van der Waals surface area contributed by atoms with E-state index in [2.05, 4.69) is 4.90 Å². The normalized spacial score (nSPS) is 22.5. The van der Waals surface area contributed by atoms with Crippen molar-refractivity contribution in [2.45, 2.75) is 37.7 Å². The molecule has 3 aliphatic heterocycles. The number of aryl methyl sites for hydroxylation is 1. The number of nitrogens with zero attached hydrogens (tertiary/aromatic N) is 4. The first-order valence-electron chi connectivity index (χ1n) is 14.3. The van der Waals surface area contributed by atoms with Crippen LogP contribution in [0.4, 0.5) is 31.1 Å². The van der Waals surface area contributed by atoms with Crippen molar-refractivity contribution in [1.82, 2.24) is 19.6 Å². The smallest absolute Gasteiger partial charge is 0.378 e. The number of likely N-dealkylation sites (tertiary alicyclic amines) is 1. The minimum Gasteiger partial charge on any atom is -0.378 e. The number of carbonyl (C=O) groups is 2. The fraction of sp³-hybridized carbons (Fsp3) is 0.533. The molecule has 3 aliphatic rings. The van der Waals surface area contributed by atoms with E-state index in [4.69, 9.17) is 4.74 Å². The number of benzene rings is 2. The Morgan fingerprint density at radius 3 is 1.86 bits per heavy atom. The summed E-state index contributed by atoms with van der Waals surface area (Å²) in [5, 5.41) is 0. The monoisotopic (exact) mass is 612 g/mol. The lowest BCUT2D eigenvalue weighted by Crippen LogP contribution is -2.59. The molecule has 0 N–H and O–H groups in total. The number of hydrogen-bond acceptors (Lipinski definition) is 4. The number of hydrogen-bond donors (Lipinski definition) is 0. The second-order valence-electron chi connectivity index (χ2n) is 11.3. The van der Waals surface area contributed by atoms with E-state index in [0.717, 1.165) is 11.1 Å². The Labute approximate surface area is 246 Å². The van der Waals surface area contributed by atoms with Crippen molar-refractivity contribution in [3.63, 3.8) is 0 Å². The van der Waals surface area contributed by atoms with Gasteiger partial charge in [0.05, 0.1) is 24.3 Å². The van der Waals surface area contributed by atoms with Crippen molar-refractivity contribution in [2.75, 3.05) is 65.6 Å². The summed E-state index contributed by atoms with van der Waals surface area (Å²) in [6.45, 7) is 6.66. The SMILES string of the molecule is Cc1ccc(C2CN(C(=O)c3cc(C(F)(F)F)cc(C(F)(F)F)c3)CCC2N2CCN(C(=O)N3CCOCC3)CC2)cc1. The Balaban J connectivity index is 1.35. The van der Waals surface area contributed by atoms with Gasteiger partial charge in [-0.3, -0.25) is 9.69 Å². The van der Waals surface area contributed by atoms with Gasteiger partial charge in [0.2, 0.25) is 0 Å². The van der Waals surface area contributed by atoms with Gasteiger partial charge >= 0.3 is 18.4 Å². The Morgan fingerprint density at radius 2 is 1.30 bits per heavy atom. The highest BCUT2D eigenvalue weighted by Crippen LogP contribution is 2.38. The first kappa shape index (κ1) is 31.1. The standard InChI is InChI=1S/C30H34F6N4O3/c1-20-2-4-21(5-3-20)25-19-40(27(41)22-16-23(29(31,32)33)18-24(17-22)30(34,35)36)7-6-26(25)37-8-10-38(11-9-37)28(42)39-12-14-43-15-13-39/h2-5,16-18,25-26H,6-15,19H2,1H3. The molecule has 3 saturated heterocycles. The number of alkyl halides is 6. The van der Waals surface area contributed by atoms with Crippen LogP contribution < -0.4 is 0 Å². The van der Waals surface area contributed by atoms with E-state index in [1.807, 2.05) is 36.1 Å². The lowest BCUT2D eigenvalue weighted by Gasteiger charge is -2.47. The topological polar surface area (TPSA) is 56.3 Å². The molecule has 2 atom stereocenters. The predicted octanol–water partition coefficient (Wildman–Crippen LogP) is 5.10. The lowest BCUT2D eigenvalue weighted by molar-refractivity contribution is -0.143. The number of ether oxygens (including phenoxy) is 1. The van der Waals surface area contributed by atoms with E-state index in [9.17, 15) is 35.9 Å². The molecule has 5 rings (SSSR count). The molecule has 2 aromatic carbocycles. The van der Waals surface area contributed by atoms with Gasteiger partial charge in [-0.2, -0.15) is 26.3 Å². The molecule has 2 unspecified atom stereocenters. The third kappa shape index (κ3) is 7.09. The van der Waals surface area contributed by atoms with Crippen LogP contribution in [0, 0.1) is 6.92 Å². The molecule has 0 bridgehead atoms. The fourth-order valence-electron chi connectivity index (χ4n) is 6.16. The maximum absolute atomic E-state index is 13.5. The van der Waals surface area contributed by atoms with Gasteiger partial charge in [-0.1, -0.05) is 29.8 Å². The number of rotatable bonds is 3. The zero-order chi connectivity index (χ0) is 30.9. The van der Waals surface area contributed by atoms with Crippen molar-refractivity contribution in [3.8, 4) is 0 Å². The number of morpholine rings is 1. The molecular weight excluding hydrogens is 578 g/mol. The summed E-state index contributed by atoms with van der Waals surface area (Å²) < 4.78 is 86.1. The highest BCUT2D eigenvalue weighted by molar-refractivity contribution is 5.95. The van der Waals surface area contributed by atoms with Gasteiger partial charge in [-0.25, -0.2) is 4.79 Å². The van der Waals surface area contributed by atoms with Crippen LogP contribution in [0.25, 0.3) is 0 Å². The summed E-state index contributed by atoms with van der Waals surface area (Å²) in [6, 6.07) is 8.75. The Bertz CT molecular complexity index is 1270. The van der Waals surface area contributed by atoms with Crippen LogP contribution in [0.3, 0.4) is 0 Å². The average molecular weight is 613 g/mol. The van der Waals surface area contributed by atoms with E-state index < -0.39 is 35.0 Å². The van der Waals surface area contributed by atoms with Crippen molar-refractivity contribution in [3.05, 3.63) is 70.3 Å². The van der Waals surface area contributed by atoms with Gasteiger partial charge in [0.15, 0.2) is 0 Å². The lowest BCUT2D eigenvalue weighted by atomic mass is 9.84. The maximum atomic E-state index is 13.5. The van der Waals surface area contributed by atoms with Crippen LogP contribution in [0.1, 0.15) is 45.0 Å². The maximum Gasteiger partial charge on any atom is 0.416 e. The van der Waals surface area contributed by atoms with Crippen LogP contribution in [0.5, 0.6) is 0 Å². The highest BCUT2D eigenvalue weighted by Gasteiger charge is 2.41. The van der Waals surface area contributed by atoms with Gasteiger partial charge in [0.25, 0.3) is 5.91 Å². The minimum atomic E-state index is -5.04. The van der Waals surface area contributed by atoms with Gasteiger partial charge in [0.1, 0.15) is 0 Å². The van der Waals surface area contributed by atoms with Crippen LogP contribution >= 0.6 is 0 Å². The summed E-state index contributed by atoms with van der Waals surface area (Å²) in [4.78, 5) is 33.7. The van der Waals surface area contributed by atoms with Gasteiger partial charge in [-0.05, 0) is 37.1 Å². The average Bonchev–Trinajstić information content (AvgIpc) is 3.00. The second kappa shape index (κ2) is 12.4. The molecule has 234 valence electrons. The van der Waals surface area contributed by atoms with Crippen molar-refractivity contribution < 1.29 is 40.7 Å². The van der Waals surface area contributed by atoms with Crippen LogP contribution in [-0.4, -0.2) is 103 Å². The van der Waals surface area contributed by atoms with Crippen molar-refractivity contribution in [2.24, 2.45) is 0 Å². The molecule has 3 heterocycles. The first-order valence-corrected chi connectivity index (χ1v) is 14.3. The number of carbonyl (C=O) groups excluding carboxylic acids is 2. The largest absolute Gasteiger partial charge is 0.416 e. The molecule has 0 radical (unpaired) electrons. The van der Waals surface area contributed by atoms with Crippen molar-refractivity contribution >= 4 is 11.9 Å². The molecule has 43 heavy (non-hydrogen) atoms. The molecule has 0 aliphatic carbocycles. The van der Waals surface area contributed by atoms with E-state index in [1.54, 1.807) is 4.90 Å². The molecule has 3 fully saturated rings. The third-order valence-electron chi connectivity index (χ3n) is 8.54. The summed E-state index contributed by atoms with van der Waals surface area (Å²) >= 11 is 0. The van der Waals surface area contributed by atoms with E-state index in [0.29, 0.717) is 71.0 Å². The zero-order valence-electron chi connectivity index (χ0n) is 23.8. The quantitative estimate of drug-likeness (QED) is 0.453. The number of piperidine rings is 1. The van der Waals surface area contributed by atoms with Gasteiger partial charge < -0.3 is 19.4 Å². The van der Waals surface area contributed by atoms with Crippen LogP contribution in [0.2, 0.25) is 0 Å². The fourth-order valence-corrected chi connectivity index (χ4v) is 6.16. The Kier molecular flexibility index (Phi) is 8.94. The Morgan fingerprint density at radius 1 is 0.744 bits per heavy atom. The second-order valence-corrected chi connectivity index (χ2v) is 11.3. The number of amides is 3. The number of halogens is 6. The van der Waals surface area contributed by atoms with Crippen molar-refractivity contribution in [1.29, 1.82) is 0 Å². The molecule has 0 saturated carbocycles. The van der Waals surface area contributed by atoms with Crippen LogP contribution in [-0.2, 0) is 17.1 Å². The summed E-state index contributed by atoms with van der Waals surface area (Å²) in [6.07, 6.45) is -9.61. The van der Waals surface area contributed by atoms with Crippen LogP contribution in [0.15, 0.2) is 42.5 Å². The number of urea groups is 1. The Hall–Kier alpha value is -3.32. The molecule has 0 aromatic heterocycles. The zero-order valence-corrected chi connectivity index (χ0v) is 23.8. The summed E-state index contributed by atoms with van der Waals surface area (Å²) in [5.74, 6) is -1.10. The summed E-state index contributed by atoms with van der Waals surface area (Å²) in [7, 11) is 0. The molecule has 0 spiro atoms. The van der Waals surface area contributed by atoms with Gasteiger partial charge in [0, 0.05) is 69.9 Å². The molecular formula is C30H34F6N4O3. The highest BCUT2D eigenvalue weighted by atomic mass is 19.4. The van der Waals surface area contributed by atoms with E-state index in [1.165, 1.54) is 4.90 Å². The first-order chi connectivity index (χ1) is 20.3. The van der Waals surface area contributed by atoms with E-state index >= 15 is 0 Å². The minimum absolute atomic E-state index is 0.0160. The molecule has 2 aromatic rings. The van der Waals surface area contributed by atoms with Gasteiger partial charge in [-0.15, -0.1) is 0 Å².